The number of esters is 1. The van der Waals surface area contributed by atoms with Crippen LogP contribution in [-0.4, -0.2) is 41.6 Å². The SMILES string of the molecule is COC(=O)[C@@H](Cc1ccc(Cl)cc1)NC(=O)CC1(C)c2ccccc2CN1C(=O)OC(C)(C)C. The van der Waals surface area contributed by atoms with Gasteiger partial charge in [-0.1, -0.05) is 48.0 Å². The second-order valence-corrected chi connectivity index (χ2v) is 10.1. The first-order valence-electron chi connectivity index (χ1n) is 11.1. The van der Waals surface area contributed by atoms with Crippen molar-refractivity contribution >= 4 is 29.6 Å². The summed E-state index contributed by atoms with van der Waals surface area (Å²) in [6.45, 7) is 7.58. The number of nitrogens with one attached hydrogen (secondary N) is 1. The highest BCUT2D eigenvalue weighted by Gasteiger charge is 2.47. The Balaban J connectivity index is 1.82. The Bertz CT molecular complexity index is 1060. The molecule has 2 atom stereocenters. The van der Waals surface area contributed by atoms with Crippen molar-refractivity contribution in [1.29, 1.82) is 0 Å². The smallest absolute Gasteiger partial charge is 0.411 e. The molecule has 0 fully saturated rings. The van der Waals surface area contributed by atoms with Gasteiger partial charge in [0.1, 0.15) is 11.6 Å². The van der Waals surface area contributed by atoms with E-state index >= 15 is 0 Å². The second kappa shape index (κ2) is 10.1. The van der Waals surface area contributed by atoms with E-state index < -0.39 is 29.2 Å². The van der Waals surface area contributed by atoms with Crippen LogP contribution in [0.3, 0.4) is 0 Å². The molecule has 1 aliphatic rings. The number of hydrogen-bond donors (Lipinski definition) is 1. The van der Waals surface area contributed by atoms with E-state index in [1.165, 1.54) is 7.11 Å². The Labute approximate surface area is 205 Å². The van der Waals surface area contributed by atoms with Crippen LogP contribution in [-0.2, 0) is 37.6 Å². The van der Waals surface area contributed by atoms with Gasteiger partial charge in [0, 0.05) is 11.4 Å². The fourth-order valence-electron chi connectivity index (χ4n) is 4.20. The fourth-order valence-corrected chi connectivity index (χ4v) is 4.32. The van der Waals surface area contributed by atoms with Gasteiger partial charge < -0.3 is 14.8 Å². The van der Waals surface area contributed by atoms with Gasteiger partial charge in [-0.15, -0.1) is 0 Å². The van der Waals surface area contributed by atoms with E-state index in [9.17, 15) is 14.4 Å². The highest BCUT2D eigenvalue weighted by atomic mass is 35.5. The highest BCUT2D eigenvalue weighted by molar-refractivity contribution is 6.30. The topological polar surface area (TPSA) is 84.9 Å². The maximum Gasteiger partial charge on any atom is 0.411 e. The van der Waals surface area contributed by atoms with Gasteiger partial charge in [-0.05, 0) is 56.5 Å². The molecule has 7 nitrogen and oxygen atoms in total. The van der Waals surface area contributed by atoms with Crippen LogP contribution in [0.4, 0.5) is 4.79 Å². The van der Waals surface area contributed by atoms with Gasteiger partial charge in [-0.2, -0.15) is 0 Å². The number of halogens is 1. The highest BCUT2D eigenvalue weighted by Crippen LogP contribution is 2.42. The molecule has 1 unspecified atom stereocenters. The zero-order valence-corrected chi connectivity index (χ0v) is 20.9. The Morgan fingerprint density at radius 2 is 1.76 bits per heavy atom. The molecule has 0 aromatic heterocycles. The third-order valence-electron chi connectivity index (χ3n) is 5.81. The van der Waals surface area contributed by atoms with E-state index in [-0.39, 0.29) is 18.7 Å². The predicted octanol–water partition coefficient (Wildman–Crippen LogP) is 4.60. The lowest BCUT2D eigenvalue weighted by Crippen LogP contribution is -2.50. The summed E-state index contributed by atoms with van der Waals surface area (Å²) in [5, 5.41) is 3.38. The van der Waals surface area contributed by atoms with E-state index in [1.807, 2.05) is 31.2 Å². The molecule has 3 rings (SSSR count). The summed E-state index contributed by atoms with van der Waals surface area (Å²) < 4.78 is 10.5. The Hall–Kier alpha value is -3.06. The number of ether oxygens (including phenoxy) is 2. The Kier molecular flexibility index (Phi) is 7.56. The molecule has 0 bridgehead atoms. The Morgan fingerprint density at radius 1 is 1.12 bits per heavy atom. The maximum atomic E-state index is 13.2. The van der Waals surface area contributed by atoms with Gasteiger partial charge in [0.25, 0.3) is 0 Å². The monoisotopic (exact) mass is 486 g/mol. The molecule has 0 saturated carbocycles. The van der Waals surface area contributed by atoms with Crippen LogP contribution in [0.25, 0.3) is 0 Å². The van der Waals surface area contributed by atoms with E-state index in [0.29, 0.717) is 11.6 Å². The molecule has 1 N–H and O–H groups in total. The molecule has 1 aliphatic heterocycles. The van der Waals surface area contributed by atoms with Crippen LogP contribution in [0.5, 0.6) is 0 Å². The second-order valence-electron chi connectivity index (χ2n) is 9.65. The minimum Gasteiger partial charge on any atom is -0.467 e. The molecular weight excluding hydrogens is 456 g/mol. The largest absolute Gasteiger partial charge is 0.467 e. The summed E-state index contributed by atoms with van der Waals surface area (Å²) in [7, 11) is 1.28. The van der Waals surface area contributed by atoms with E-state index in [0.717, 1.165) is 16.7 Å². The van der Waals surface area contributed by atoms with Crippen LogP contribution in [0, 0.1) is 0 Å². The maximum absolute atomic E-state index is 13.2. The molecule has 0 radical (unpaired) electrons. The van der Waals surface area contributed by atoms with Gasteiger partial charge in [-0.25, -0.2) is 9.59 Å². The van der Waals surface area contributed by atoms with Crippen LogP contribution in [0.2, 0.25) is 5.02 Å². The number of nitrogens with zero attached hydrogens (tertiary/aromatic N) is 1. The standard InChI is InChI=1S/C26H31ClN2O5/c1-25(2,3)34-24(32)29-16-18-8-6-7-9-20(18)26(29,4)15-22(30)28-21(23(31)33-5)14-17-10-12-19(27)13-11-17/h6-13,21H,14-16H2,1-5H3,(H,28,30)/t21-,26?/m1/s1. The average Bonchev–Trinajstić information content (AvgIpc) is 3.05. The van der Waals surface area contributed by atoms with Gasteiger partial charge in [0.15, 0.2) is 0 Å². The van der Waals surface area contributed by atoms with Crippen LogP contribution in [0.15, 0.2) is 48.5 Å². The summed E-state index contributed by atoms with van der Waals surface area (Å²) in [5.41, 5.74) is 1.04. The number of benzene rings is 2. The van der Waals surface area contributed by atoms with Crippen molar-refractivity contribution in [2.45, 2.75) is 64.3 Å². The van der Waals surface area contributed by atoms with Crippen molar-refractivity contribution < 1.29 is 23.9 Å². The molecule has 0 aliphatic carbocycles. The molecule has 34 heavy (non-hydrogen) atoms. The summed E-state index contributed by atoms with van der Waals surface area (Å²) in [6.07, 6.45) is -0.291. The quantitative estimate of drug-likeness (QED) is 0.603. The van der Waals surface area contributed by atoms with Crippen molar-refractivity contribution in [3.05, 3.63) is 70.2 Å². The number of carbonyl (C=O) groups is 3. The Morgan fingerprint density at radius 3 is 2.38 bits per heavy atom. The van der Waals surface area contributed by atoms with Crippen molar-refractivity contribution in [2.24, 2.45) is 0 Å². The summed E-state index contributed by atoms with van der Waals surface area (Å²) >= 11 is 5.95. The molecule has 0 saturated heterocycles. The molecule has 0 spiro atoms. The minimum atomic E-state index is -0.941. The average molecular weight is 487 g/mol. The van der Waals surface area contributed by atoms with Gasteiger partial charge >= 0.3 is 12.1 Å². The first-order chi connectivity index (χ1) is 15.9. The lowest BCUT2D eigenvalue weighted by Gasteiger charge is -2.37. The molecule has 182 valence electrons. The summed E-state index contributed by atoms with van der Waals surface area (Å²) in [4.78, 5) is 40.3. The number of amides is 2. The van der Waals surface area contributed by atoms with Gasteiger partial charge in [-0.3, -0.25) is 9.69 Å². The normalized spacial score (nSPS) is 18.1. The van der Waals surface area contributed by atoms with Gasteiger partial charge in [0.05, 0.1) is 25.6 Å². The molecule has 2 aromatic rings. The number of carbonyl (C=O) groups excluding carboxylic acids is 3. The zero-order valence-electron chi connectivity index (χ0n) is 20.2. The van der Waals surface area contributed by atoms with Crippen LogP contribution in [0.1, 0.15) is 50.8 Å². The lowest BCUT2D eigenvalue weighted by molar-refractivity contribution is -0.145. The zero-order chi connectivity index (χ0) is 25.1. The first-order valence-corrected chi connectivity index (χ1v) is 11.5. The van der Waals surface area contributed by atoms with E-state index in [4.69, 9.17) is 21.1 Å². The van der Waals surface area contributed by atoms with Crippen molar-refractivity contribution in [3.63, 3.8) is 0 Å². The summed E-state index contributed by atoms with van der Waals surface area (Å²) in [5.74, 6) is -0.929. The minimum absolute atomic E-state index is 0.0443. The third kappa shape index (κ3) is 5.89. The van der Waals surface area contributed by atoms with E-state index in [1.54, 1.807) is 49.9 Å². The molecule has 1 heterocycles. The first kappa shape index (κ1) is 25.6. The number of rotatable bonds is 6. The number of hydrogen-bond acceptors (Lipinski definition) is 5. The van der Waals surface area contributed by atoms with Crippen molar-refractivity contribution in [1.82, 2.24) is 10.2 Å². The predicted molar refractivity (Wildman–Crippen MR) is 129 cm³/mol. The van der Waals surface area contributed by atoms with Crippen molar-refractivity contribution in [2.75, 3.05) is 7.11 Å². The molecule has 2 aromatic carbocycles. The van der Waals surface area contributed by atoms with Crippen molar-refractivity contribution in [3.8, 4) is 0 Å². The summed E-state index contributed by atoms with van der Waals surface area (Å²) in [6, 6.07) is 13.8. The fraction of sp³-hybridized carbons (Fsp3) is 0.423. The molecule has 8 heteroatoms. The molecular formula is C26H31ClN2O5. The number of methoxy groups -OCH3 is 1. The number of fused-ring (bicyclic) bond motifs is 1. The lowest BCUT2D eigenvalue weighted by atomic mass is 9.88. The molecule has 2 amide bonds. The third-order valence-corrected chi connectivity index (χ3v) is 6.07. The van der Waals surface area contributed by atoms with Gasteiger partial charge in [0.2, 0.25) is 5.91 Å². The van der Waals surface area contributed by atoms with E-state index in [2.05, 4.69) is 5.32 Å². The van der Waals surface area contributed by atoms with Crippen LogP contribution >= 0.6 is 11.6 Å². The van der Waals surface area contributed by atoms with Crippen LogP contribution < -0.4 is 5.32 Å².